The van der Waals surface area contributed by atoms with E-state index >= 15 is 0 Å². The number of nitrogens with one attached hydrogen (secondary N) is 1. The summed E-state index contributed by atoms with van der Waals surface area (Å²) in [7, 11) is 0. The fraction of sp³-hybridized carbons (Fsp3) is 0.300. The van der Waals surface area contributed by atoms with Gasteiger partial charge in [0.15, 0.2) is 5.82 Å². The molecule has 0 aromatic heterocycles. The first kappa shape index (κ1) is 13.2. The molecular weight excluding hydrogens is 254 g/mol. The highest BCUT2D eigenvalue weighted by Gasteiger charge is 2.10. The molecule has 0 saturated heterocycles. The lowest BCUT2D eigenvalue weighted by Crippen LogP contribution is -2.24. The topological polar surface area (TPSA) is 55.1 Å². The molecule has 0 aliphatic heterocycles. The van der Waals surface area contributed by atoms with Crippen LogP contribution in [0.1, 0.15) is 13.3 Å². The molecule has 3 N–H and O–H groups in total. The number of anilines is 1. The Balaban J connectivity index is 2.79. The van der Waals surface area contributed by atoms with Crippen LogP contribution in [0, 0.1) is 5.82 Å². The molecule has 0 bridgehead atoms. The molecule has 0 radical (unpaired) electrons. The summed E-state index contributed by atoms with van der Waals surface area (Å²) in [4.78, 5) is 11.4. The lowest BCUT2D eigenvalue weighted by molar-refractivity contribution is -0.116. The van der Waals surface area contributed by atoms with Crippen molar-refractivity contribution in [2.75, 3.05) is 5.32 Å². The van der Waals surface area contributed by atoms with Crippen LogP contribution in [0.4, 0.5) is 10.1 Å². The van der Waals surface area contributed by atoms with E-state index in [0.29, 0.717) is 5.69 Å². The summed E-state index contributed by atoms with van der Waals surface area (Å²) in [6, 6.07) is 2.34. The molecule has 3 nitrogen and oxygen atoms in total. The Kier molecular flexibility index (Phi) is 4.53. The monoisotopic (exact) mass is 264 g/mol. The van der Waals surface area contributed by atoms with E-state index in [4.69, 9.17) is 28.9 Å². The van der Waals surface area contributed by atoms with Crippen molar-refractivity contribution in [2.24, 2.45) is 5.73 Å². The van der Waals surface area contributed by atoms with Crippen LogP contribution in [0.5, 0.6) is 0 Å². The van der Waals surface area contributed by atoms with Crippen molar-refractivity contribution in [3.05, 3.63) is 28.0 Å². The van der Waals surface area contributed by atoms with Crippen LogP contribution >= 0.6 is 23.2 Å². The quantitative estimate of drug-likeness (QED) is 0.825. The van der Waals surface area contributed by atoms with E-state index in [1.807, 2.05) is 0 Å². The van der Waals surface area contributed by atoms with Crippen molar-refractivity contribution < 1.29 is 9.18 Å². The third-order valence-corrected chi connectivity index (χ3v) is 2.33. The van der Waals surface area contributed by atoms with Crippen LogP contribution in [0.25, 0.3) is 0 Å². The summed E-state index contributed by atoms with van der Waals surface area (Å²) in [5, 5.41) is 2.26. The standard InChI is InChI=1S/C10H11Cl2FN2O/c1-5(14)2-9(16)15-6-3-7(11)10(13)8(12)4-6/h3-5H,2,14H2,1H3,(H,15,16). The molecule has 0 fully saturated rings. The summed E-state index contributed by atoms with van der Waals surface area (Å²) >= 11 is 11.1. The van der Waals surface area contributed by atoms with Crippen molar-refractivity contribution in [3.8, 4) is 0 Å². The summed E-state index contributed by atoms with van der Waals surface area (Å²) in [5.74, 6) is -0.970. The van der Waals surface area contributed by atoms with Gasteiger partial charge in [0.05, 0.1) is 10.0 Å². The first-order chi connectivity index (χ1) is 7.40. The summed E-state index contributed by atoms with van der Waals surface area (Å²) < 4.78 is 13.1. The molecule has 0 heterocycles. The number of amides is 1. The average molecular weight is 265 g/mol. The van der Waals surface area contributed by atoms with Gasteiger partial charge in [-0.2, -0.15) is 0 Å². The van der Waals surface area contributed by atoms with Crippen molar-refractivity contribution in [1.29, 1.82) is 0 Å². The van der Waals surface area contributed by atoms with Gasteiger partial charge in [-0.05, 0) is 19.1 Å². The fourth-order valence-electron chi connectivity index (χ4n) is 1.13. The van der Waals surface area contributed by atoms with Crippen molar-refractivity contribution in [3.63, 3.8) is 0 Å². The first-order valence-corrected chi connectivity index (χ1v) is 5.35. The molecule has 0 aliphatic carbocycles. The van der Waals surface area contributed by atoms with Crippen LogP contribution in [-0.4, -0.2) is 11.9 Å². The third kappa shape index (κ3) is 3.63. The minimum Gasteiger partial charge on any atom is -0.327 e. The van der Waals surface area contributed by atoms with Crippen LogP contribution in [0.15, 0.2) is 12.1 Å². The van der Waals surface area contributed by atoms with Gasteiger partial charge in [0.2, 0.25) is 5.91 Å². The van der Waals surface area contributed by atoms with Gasteiger partial charge in [-0.3, -0.25) is 4.79 Å². The fourth-order valence-corrected chi connectivity index (χ4v) is 1.62. The smallest absolute Gasteiger partial charge is 0.225 e. The lowest BCUT2D eigenvalue weighted by Gasteiger charge is -2.08. The zero-order chi connectivity index (χ0) is 12.3. The molecule has 1 unspecified atom stereocenters. The normalized spacial score (nSPS) is 12.3. The second kappa shape index (κ2) is 5.48. The zero-order valence-corrected chi connectivity index (χ0v) is 10.1. The van der Waals surface area contributed by atoms with Crippen LogP contribution in [-0.2, 0) is 4.79 Å². The summed E-state index contributed by atoms with van der Waals surface area (Å²) in [5.41, 5.74) is 5.81. The molecule has 1 aromatic rings. The van der Waals surface area contributed by atoms with Gasteiger partial charge in [-0.25, -0.2) is 4.39 Å². The van der Waals surface area contributed by atoms with Gasteiger partial charge in [-0.15, -0.1) is 0 Å². The highest BCUT2D eigenvalue weighted by Crippen LogP contribution is 2.27. The van der Waals surface area contributed by atoms with E-state index in [9.17, 15) is 9.18 Å². The van der Waals surface area contributed by atoms with E-state index in [2.05, 4.69) is 5.32 Å². The van der Waals surface area contributed by atoms with E-state index in [-0.39, 0.29) is 28.4 Å². The number of halogens is 3. The highest BCUT2D eigenvalue weighted by atomic mass is 35.5. The molecule has 1 aromatic carbocycles. The molecule has 1 rings (SSSR count). The second-order valence-corrected chi connectivity index (χ2v) is 4.30. The van der Waals surface area contributed by atoms with Gasteiger partial charge < -0.3 is 11.1 Å². The van der Waals surface area contributed by atoms with Gasteiger partial charge in [0.1, 0.15) is 0 Å². The number of rotatable bonds is 3. The average Bonchev–Trinajstić information content (AvgIpc) is 2.12. The molecule has 16 heavy (non-hydrogen) atoms. The maximum atomic E-state index is 13.1. The Bertz CT molecular complexity index is 387. The van der Waals surface area contributed by atoms with E-state index in [1.54, 1.807) is 6.92 Å². The second-order valence-electron chi connectivity index (χ2n) is 3.48. The molecule has 1 atom stereocenters. The minimum atomic E-state index is -0.700. The molecular formula is C10H11Cl2FN2O. The number of nitrogens with two attached hydrogens (primary N) is 1. The van der Waals surface area contributed by atoms with Crippen molar-refractivity contribution in [2.45, 2.75) is 19.4 Å². The highest BCUT2D eigenvalue weighted by molar-refractivity contribution is 6.35. The predicted molar refractivity (Wildman–Crippen MR) is 63.3 cm³/mol. The number of hydrogen-bond acceptors (Lipinski definition) is 2. The van der Waals surface area contributed by atoms with Crippen LogP contribution < -0.4 is 11.1 Å². The number of benzene rings is 1. The van der Waals surface area contributed by atoms with Gasteiger partial charge in [0, 0.05) is 18.2 Å². The molecule has 0 aliphatic rings. The minimum absolute atomic E-state index is 0.136. The number of carbonyl (C=O) groups excluding carboxylic acids is 1. The van der Waals surface area contributed by atoms with E-state index in [0.717, 1.165) is 0 Å². The van der Waals surface area contributed by atoms with Gasteiger partial charge >= 0.3 is 0 Å². The van der Waals surface area contributed by atoms with E-state index < -0.39 is 5.82 Å². The van der Waals surface area contributed by atoms with Crippen molar-refractivity contribution >= 4 is 34.8 Å². The third-order valence-electron chi connectivity index (χ3n) is 1.77. The Morgan fingerprint density at radius 1 is 1.50 bits per heavy atom. The Labute approximate surface area is 103 Å². The van der Waals surface area contributed by atoms with Crippen molar-refractivity contribution in [1.82, 2.24) is 0 Å². The molecule has 1 amide bonds. The molecule has 0 saturated carbocycles. The van der Waals surface area contributed by atoms with Crippen LogP contribution in [0.2, 0.25) is 10.0 Å². The largest absolute Gasteiger partial charge is 0.327 e. The number of hydrogen-bond donors (Lipinski definition) is 2. The summed E-state index contributed by atoms with van der Waals surface area (Å²) in [6.45, 7) is 1.71. The molecule has 88 valence electrons. The maximum Gasteiger partial charge on any atom is 0.225 e. The van der Waals surface area contributed by atoms with Crippen LogP contribution in [0.3, 0.4) is 0 Å². The number of carbonyl (C=O) groups is 1. The van der Waals surface area contributed by atoms with Gasteiger partial charge in [0.25, 0.3) is 0 Å². The Morgan fingerprint density at radius 2 is 2.00 bits per heavy atom. The Morgan fingerprint density at radius 3 is 2.44 bits per heavy atom. The van der Waals surface area contributed by atoms with E-state index in [1.165, 1.54) is 12.1 Å². The SMILES string of the molecule is CC(N)CC(=O)Nc1cc(Cl)c(F)c(Cl)c1. The zero-order valence-electron chi connectivity index (χ0n) is 8.56. The summed E-state index contributed by atoms with van der Waals surface area (Å²) in [6.07, 6.45) is 0.173. The maximum absolute atomic E-state index is 13.1. The predicted octanol–water partition coefficient (Wildman–Crippen LogP) is 2.81. The lowest BCUT2D eigenvalue weighted by atomic mass is 10.2. The first-order valence-electron chi connectivity index (χ1n) is 4.60. The Hall–Kier alpha value is -0.840. The van der Waals surface area contributed by atoms with Gasteiger partial charge in [-0.1, -0.05) is 23.2 Å². The molecule has 6 heteroatoms. The molecule has 0 spiro atoms.